The number of pyridine rings is 1. The van der Waals surface area contributed by atoms with Crippen molar-refractivity contribution in [2.24, 2.45) is 15.9 Å². The number of carbonyl (C=O) groups excluding carboxylic acids is 4. The summed E-state index contributed by atoms with van der Waals surface area (Å²) in [5.41, 5.74) is 12.9. The largest absolute Gasteiger partial charge is 0.491 e. The number of hydrogen-bond acceptors (Lipinski definition) is 14. The van der Waals surface area contributed by atoms with Gasteiger partial charge in [0.05, 0.1) is 63.1 Å². The molecule has 16 nitrogen and oxygen atoms in total. The van der Waals surface area contributed by atoms with E-state index in [0.29, 0.717) is 76.4 Å². The Kier molecular flexibility index (Phi) is 14.6. The van der Waals surface area contributed by atoms with Crippen LogP contribution in [0.1, 0.15) is 68.7 Å². The minimum atomic E-state index is -1.02. The standard InChI is InChI=1S/C41H46N6O10/c42-38(27-10-13-43-14-11-27)34(29-2-5-31-28(24-29)3-7-35(31)46-52)26-44-12-1-15-53-16-17-54-18-19-55-20-21-56-22-23-57-30-4-6-32-33(25-30)41(51)47(40(32)50)36-8-9-37(48)45-39(36)49/h2,4-6,10-11,13-14,24-26,36,52H,1,3,7-9,12,15-23,42H2,(H,45,48,49)/b38-34?,44-26?,46-35+. The van der Waals surface area contributed by atoms with Crippen LogP contribution in [0.3, 0.4) is 0 Å². The molecule has 1 unspecified atom stereocenters. The number of ether oxygens (including phenoxy) is 5. The van der Waals surface area contributed by atoms with Gasteiger partial charge in [-0.05, 0) is 67.1 Å². The number of nitrogens with two attached hydrogens (primary N) is 1. The lowest BCUT2D eigenvalue weighted by Crippen LogP contribution is -2.54. The van der Waals surface area contributed by atoms with E-state index in [2.05, 4.69) is 26.5 Å². The second-order valence-corrected chi connectivity index (χ2v) is 13.3. The summed E-state index contributed by atoms with van der Waals surface area (Å²) in [5, 5.41) is 14.9. The van der Waals surface area contributed by atoms with E-state index in [9.17, 15) is 24.4 Å². The lowest BCUT2D eigenvalue weighted by Gasteiger charge is -2.27. The minimum Gasteiger partial charge on any atom is -0.491 e. The van der Waals surface area contributed by atoms with Crippen molar-refractivity contribution in [3.63, 3.8) is 0 Å². The smallest absolute Gasteiger partial charge is 0.262 e. The average Bonchev–Trinajstić information content (AvgIpc) is 3.75. The van der Waals surface area contributed by atoms with Crippen LogP contribution >= 0.6 is 0 Å². The van der Waals surface area contributed by atoms with Crippen LogP contribution in [-0.2, 0) is 35.0 Å². The molecule has 0 bridgehead atoms. The predicted molar refractivity (Wildman–Crippen MR) is 208 cm³/mol. The number of carbonyl (C=O) groups is 4. The van der Waals surface area contributed by atoms with Gasteiger partial charge in [0.2, 0.25) is 11.8 Å². The van der Waals surface area contributed by atoms with Crippen LogP contribution in [0.4, 0.5) is 0 Å². The summed E-state index contributed by atoms with van der Waals surface area (Å²) >= 11 is 0. The number of aryl methyl sites for hydroxylation is 1. The van der Waals surface area contributed by atoms with Crippen molar-refractivity contribution in [2.75, 3.05) is 66.0 Å². The molecule has 57 heavy (non-hydrogen) atoms. The van der Waals surface area contributed by atoms with E-state index in [1.807, 2.05) is 30.5 Å². The number of oxime groups is 1. The molecule has 2 aromatic carbocycles. The molecule has 4 N–H and O–H groups in total. The number of amides is 4. The number of piperidine rings is 1. The average molecular weight is 783 g/mol. The van der Waals surface area contributed by atoms with E-state index in [0.717, 1.165) is 45.6 Å². The highest BCUT2D eigenvalue weighted by Gasteiger charge is 2.44. The SMILES string of the molecule is NC(=C(C=NCCCOCCOCCOCCOCCOc1ccc2c(c1)C(=O)N(C1CCC(=O)NC1=O)C2=O)c1ccc2c(c1)CC/C2=N\O)c1ccncc1. The number of imide groups is 2. The highest BCUT2D eigenvalue weighted by Crippen LogP contribution is 2.31. The van der Waals surface area contributed by atoms with Crippen LogP contribution in [0.15, 0.2) is 71.1 Å². The summed E-state index contributed by atoms with van der Waals surface area (Å²) < 4.78 is 28.1. The third-order valence-corrected chi connectivity index (χ3v) is 9.58. The van der Waals surface area contributed by atoms with E-state index in [4.69, 9.17) is 29.4 Å². The van der Waals surface area contributed by atoms with Crippen LogP contribution in [0.5, 0.6) is 5.75 Å². The molecule has 1 saturated heterocycles. The van der Waals surface area contributed by atoms with Gasteiger partial charge >= 0.3 is 0 Å². The maximum absolute atomic E-state index is 13.0. The molecular weight excluding hydrogens is 736 g/mol. The first-order valence-corrected chi connectivity index (χ1v) is 18.9. The fourth-order valence-electron chi connectivity index (χ4n) is 6.66. The van der Waals surface area contributed by atoms with E-state index in [-0.39, 0.29) is 37.2 Å². The molecule has 16 heteroatoms. The zero-order chi connectivity index (χ0) is 40.0. The highest BCUT2D eigenvalue weighted by atomic mass is 16.6. The molecule has 0 radical (unpaired) electrons. The molecule has 2 aliphatic heterocycles. The number of nitrogens with one attached hydrogen (secondary N) is 1. The van der Waals surface area contributed by atoms with Gasteiger partial charge in [0.15, 0.2) is 0 Å². The van der Waals surface area contributed by atoms with Gasteiger partial charge in [-0.2, -0.15) is 0 Å². The summed E-state index contributed by atoms with van der Waals surface area (Å²) in [4.78, 5) is 59.2. The summed E-state index contributed by atoms with van der Waals surface area (Å²) in [6, 6.07) is 13.3. The normalized spacial score (nSPS) is 17.6. The molecule has 3 heterocycles. The van der Waals surface area contributed by atoms with Gasteiger partial charge in [-0.3, -0.25) is 39.4 Å². The Bertz CT molecular complexity index is 2020. The van der Waals surface area contributed by atoms with Crippen molar-refractivity contribution in [1.82, 2.24) is 15.2 Å². The molecule has 6 rings (SSSR count). The number of allylic oxidation sites excluding steroid dienone is 1. The Morgan fingerprint density at radius 2 is 1.46 bits per heavy atom. The second-order valence-electron chi connectivity index (χ2n) is 13.3. The van der Waals surface area contributed by atoms with Crippen molar-refractivity contribution in [1.29, 1.82) is 0 Å². The minimum absolute atomic E-state index is 0.0577. The van der Waals surface area contributed by atoms with Gasteiger partial charge in [-0.25, -0.2) is 0 Å². The Labute approximate surface area is 329 Å². The van der Waals surface area contributed by atoms with E-state index < -0.39 is 29.7 Å². The van der Waals surface area contributed by atoms with Gasteiger partial charge in [0.25, 0.3) is 11.8 Å². The number of aromatic nitrogens is 1. The molecule has 3 aromatic rings. The quantitative estimate of drug-likeness (QED) is 0.0468. The van der Waals surface area contributed by atoms with Crippen molar-refractivity contribution >= 4 is 46.8 Å². The molecule has 1 aromatic heterocycles. The molecule has 1 fully saturated rings. The zero-order valence-electron chi connectivity index (χ0n) is 31.5. The third-order valence-electron chi connectivity index (χ3n) is 9.58. The number of fused-ring (bicyclic) bond motifs is 2. The van der Waals surface area contributed by atoms with Crippen molar-refractivity contribution in [3.05, 3.63) is 94.3 Å². The summed E-state index contributed by atoms with van der Waals surface area (Å²) in [6.07, 6.45) is 7.60. The van der Waals surface area contributed by atoms with Gasteiger partial charge in [-0.1, -0.05) is 23.4 Å². The lowest BCUT2D eigenvalue weighted by molar-refractivity contribution is -0.136. The van der Waals surface area contributed by atoms with Crippen LogP contribution < -0.4 is 15.8 Å². The maximum atomic E-state index is 13.0. The fraction of sp³-hybridized carbons (Fsp3) is 0.390. The monoisotopic (exact) mass is 782 g/mol. The number of nitrogens with zero attached hydrogens (tertiary/aromatic N) is 4. The molecule has 1 atom stereocenters. The predicted octanol–water partition coefficient (Wildman–Crippen LogP) is 3.04. The van der Waals surface area contributed by atoms with Crippen molar-refractivity contribution in [2.45, 2.75) is 38.1 Å². The Morgan fingerprint density at radius 1 is 0.789 bits per heavy atom. The second kappa shape index (κ2) is 20.4. The molecule has 0 saturated carbocycles. The maximum Gasteiger partial charge on any atom is 0.262 e. The molecule has 1 aliphatic carbocycles. The number of benzene rings is 2. The first kappa shape index (κ1) is 40.8. The summed E-state index contributed by atoms with van der Waals surface area (Å²) in [6.45, 7) is 4.04. The Hall–Kier alpha value is -5.81. The van der Waals surface area contributed by atoms with Gasteiger partial charge in [0.1, 0.15) is 18.4 Å². The first-order chi connectivity index (χ1) is 27.9. The summed E-state index contributed by atoms with van der Waals surface area (Å²) in [7, 11) is 0. The van der Waals surface area contributed by atoms with E-state index in [1.165, 1.54) is 12.1 Å². The van der Waals surface area contributed by atoms with Crippen LogP contribution in [0, 0.1) is 0 Å². The lowest BCUT2D eigenvalue weighted by atomic mass is 9.97. The first-order valence-electron chi connectivity index (χ1n) is 18.9. The number of rotatable bonds is 21. The van der Waals surface area contributed by atoms with E-state index in [1.54, 1.807) is 18.5 Å². The summed E-state index contributed by atoms with van der Waals surface area (Å²) in [5.74, 6) is -1.85. The number of aliphatic imine (C=N–C) groups is 1. The van der Waals surface area contributed by atoms with Crippen LogP contribution in [0.2, 0.25) is 0 Å². The van der Waals surface area contributed by atoms with Crippen molar-refractivity contribution < 1.29 is 48.1 Å². The van der Waals surface area contributed by atoms with Crippen LogP contribution in [-0.4, -0.2) is 123 Å². The number of hydrogen-bond donors (Lipinski definition) is 3. The molecule has 4 amide bonds. The Balaban J connectivity index is 0.791. The van der Waals surface area contributed by atoms with Crippen LogP contribution in [0.25, 0.3) is 11.3 Å². The van der Waals surface area contributed by atoms with Crippen molar-refractivity contribution in [3.8, 4) is 5.75 Å². The molecule has 3 aliphatic rings. The zero-order valence-corrected chi connectivity index (χ0v) is 31.5. The van der Waals surface area contributed by atoms with E-state index >= 15 is 0 Å². The van der Waals surface area contributed by atoms with Gasteiger partial charge in [0, 0.05) is 60.6 Å². The molecule has 0 spiro atoms. The molecular formula is C41H46N6O10. The third kappa shape index (κ3) is 10.5. The fourth-order valence-corrected chi connectivity index (χ4v) is 6.66. The molecule has 300 valence electrons. The Morgan fingerprint density at radius 3 is 2.16 bits per heavy atom. The topological polar surface area (TPSA) is 214 Å². The van der Waals surface area contributed by atoms with Gasteiger partial charge < -0.3 is 34.6 Å². The van der Waals surface area contributed by atoms with Gasteiger partial charge in [-0.15, -0.1) is 0 Å². The highest BCUT2D eigenvalue weighted by molar-refractivity contribution is 6.23.